The number of amides is 3. The van der Waals surface area contributed by atoms with Gasteiger partial charge in [-0.25, -0.2) is 0 Å². The van der Waals surface area contributed by atoms with Gasteiger partial charge in [0.05, 0.1) is 0 Å². The molecule has 0 spiro atoms. The second-order valence-corrected chi connectivity index (χ2v) is 10.8. The van der Waals surface area contributed by atoms with Crippen molar-refractivity contribution < 1.29 is 14.4 Å². The molecule has 0 saturated carbocycles. The maximum Gasteiger partial charge on any atom is 0.254 e. The van der Waals surface area contributed by atoms with E-state index in [4.69, 9.17) is 0 Å². The van der Waals surface area contributed by atoms with E-state index in [0.29, 0.717) is 37.4 Å². The molecular weight excluding hydrogens is 466 g/mol. The smallest absolute Gasteiger partial charge is 0.254 e. The molecule has 0 atom stereocenters. The highest BCUT2D eigenvalue weighted by Gasteiger charge is 2.25. The van der Waals surface area contributed by atoms with Crippen molar-refractivity contribution in [1.29, 1.82) is 0 Å². The molecule has 8 heteroatoms. The Kier molecular flexibility index (Phi) is 6.52. The van der Waals surface area contributed by atoms with Crippen molar-refractivity contribution in [2.45, 2.75) is 45.7 Å². The van der Waals surface area contributed by atoms with E-state index in [1.54, 1.807) is 28.7 Å². The van der Waals surface area contributed by atoms with Gasteiger partial charge in [-0.2, -0.15) is 0 Å². The first kappa shape index (κ1) is 22.8. The first-order valence-electron chi connectivity index (χ1n) is 11.6. The van der Waals surface area contributed by atoms with E-state index in [-0.39, 0.29) is 30.6 Å². The Hall–Kier alpha value is -2.97. The fraction of sp³-hybridized carbons (Fsp3) is 0.346. The van der Waals surface area contributed by atoms with Crippen LogP contribution in [-0.2, 0) is 35.5 Å². The largest absolute Gasteiger partial charge is 0.338 e. The number of benzene rings is 1. The summed E-state index contributed by atoms with van der Waals surface area (Å²) in [7, 11) is 0. The van der Waals surface area contributed by atoms with Crippen molar-refractivity contribution in [2.24, 2.45) is 0 Å². The third kappa shape index (κ3) is 4.65. The lowest BCUT2D eigenvalue weighted by atomic mass is 10.0. The number of carbonyl (C=O) groups excluding carboxylic acids is 3. The van der Waals surface area contributed by atoms with Crippen LogP contribution in [-0.4, -0.2) is 40.6 Å². The molecule has 34 heavy (non-hydrogen) atoms. The van der Waals surface area contributed by atoms with E-state index >= 15 is 0 Å². The summed E-state index contributed by atoms with van der Waals surface area (Å²) in [4.78, 5) is 44.9. The van der Waals surface area contributed by atoms with Crippen LogP contribution in [0.2, 0.25) is 0 Å². The van der Waals surface area contributed by atoms with Crippen molar-refractivity contribution in [2.75, 3.05) is 18.4 Å². The number of anilines is 1. The van der Waals surface area contributed by atoms with Crippen LogP contribution in [0.25, 0.3) is 0 Å². The summed E-state index contributed by atoms with van der Waals surface area (Å²) in [6.07, 6.45) is 2.07. The Morgan fingerprint density at radius 2 is 1.53 bits per heavy atom. The second kappa shape index (κ2) is 9.72. The molecule has 5 rings (SSSR count). The van der Waals surface area contributed by atoms with Gasteiger partial charge in [0.2, 0.25) is 11.8 Å². The molecule has 176 valence electrons. The van der Waals surface area contributed by atoms with E-state index in [0.717, 1.165) is 18.4 Å². The zero-order valence-corrected chi connectivity index (χ0v) is 20.8. The van der Waals surface area contributed by atoms with Crippen LogP contribution in [0, 0.1) is 6.92 Å². The van der Waals surface area contributed by atoms with Gasteiger partial charge in [-0.3, -0.25) is 14.4 Å². The quantitative estimate of drug-likeness (QED) is 0.564. The topological polar surface area (TPSA) is 69.7 Å². The highest BCUT2D eigenvalue weighted by molar-refractivity contribution is 7.10. The average molecular weight is 494 g/mol. The van der Waals surface area contributed by atoms with Gasteiger partial charge in [-0.05, 0) is 71.5 Å². The minimum atomic E-state index is -0.213. The zero-order valence-electron chi connectivity index (χ0n) is 19.1. The maximum atomic E-state index is 13.2. The first-order valence-corrected chi connectivity index (χ1v) is 13.3. The summed E-state index contributed by atoms with van der Waals surface area (Å²) in [5, 5.41) is 7.06. The molecule has 0 unspecified atom stereocenters. The number of rotatable bonds is 5. The van der Waals surface area contributed by atoms with Gasteiger partial charge < -0.3 is 15.1 Å². The molecule has 0 fully saturated rings. The number of thiophene rings is 2. The fourth-order valence-electron chi connectivity index (χ4n) is 4.65. The van der Waals surface area contributed by atoms with Crippen molar-refractivity contribution in [1.82, 2.24) is 9.80 Å². The summed E-state index contributed by atoms with van der Waals surface area (Å²) in [6.45, 7) is 4.53. The number of hydrogen-bond donors (Lipinski definition) is 1. The Morgan fingerprint density at radius 3 is 2.24 bits per heavy atom. The van der Waals surface area contributed by atoms with E-state index in [2.05, 4.69) is 28.2 Å². The van der Waals surface area contributed by atoms with Crippen LogP contribution in [0.5, 0.6) is 0 Å². The van der Waals surface area contributed by atoms with Gasteiger partial charge in [0, 0.05) is 60.0 Å². The number of fused-ring (bicyclic) bond motifs is 2. The molecule has 0 saturated heterocycles. The molecule has 2 aromatic heterocycles. The van der Waals surface area contributed by atoms with Crippen LogP contribution in [0.15, 0.2) is 41.1 Å². The summed E-state index contributed by atoms with van der Waals surface area (Å²) < 4.78 is 0. The highest BCUT2D eigenvalue weighted by Crippen LogP contribution is 2.28. The van der Waals surface area contributed by atoms with Crippen molar-refractivity contribution in [3.63, 3.8) is 0 Å². The normalized spacial score (nSPS) is 15.0. The number of nitrogens with one attached hydrogen (secondary N) is 1. The molecule has 1 N–H and O–H groups in total. The zero-order chi connectivity index (χ0) is 23.7. The maximum absolute atomic E-state index is 13.2. The second-order valence-electron chi connectivity index (χ2n) is 8.81. The van der Waals surface area contributed by atoms with Crippen LogP contribution in [0.3, 0.4) is 0 Å². The Morgan fingerprint density at radius 1 is 0.882 bits per heavy atom. The van der Waals surface area contributed by atoms with Gasteiger partial charge in [-0.15, -0.1) is 22.7 Å². The number of hydrogen-bond acceptors (Lipinski definition) is 5. The Bertz CT molecular complexity index is 1250. The predicted octanol–water partition coefficient (Wildman–Crippen LogP) is 4.62. The Labute approximate surface area is 207 Å². The van der Waals surface area contributed by atoms with Gasteiger partial charge in [0.1, 0.15) is 0 Å². The van der Waals surface area contributed by atoms with Gasteiger partial charge in [0.15, 0.2) is 0 Å². The summed E-state index contributed by atoms with van der Waals surface area (Å²) in [5.41, 5.74) is 4.42. The van der Waals surface area contributed by atoms with E-state index in [1.165, 1.54) is 20.9 Å². The highest BCUT2D eigenvalue weighted by atomic mass is 32.1. The lowest BCUT2D eigenvalue weighted by Crippen LogP contribution is -2.36. The first-order chi connectivity index (χ1) is 16.5. The molecule has 2 aliphatic rings. The fourth-order valence-corrected chi connectivity index (χ4v) is 6.43. The number of nitrogens with zero attached hydrogens (tertiary/aromatic N) is 2. The SMILES string of the molecule is Cc1c(NC(=O)CCC(=O)N2CCc3sccc3C2)cccc1C(=O)N1CCc2sccc2C1. The third-order valence-electron chi connectivity index (χ3n) is 6.66. The van der Waals surface area contributed by atoms with E-state index < -0.39 is 0 Å². The van der Waals surface area contributed by atoms with Crippen molar-refractivity contribution >= 4 is 46.1 Å². The van der Waals surface area contributed by atoms with E-state index in [9.17, 15) is 14.4 Å². The third-order valence-corrected chi connectivity index (χ3v) is 8.71. The monoisotopic (exact) mass is 493 g/mol. The molecule has 3 amide bonds. The van der Waals surface area contributed by atoms with Crippen LogP contribution >= 0.6 is 22.7 Å². The van der Waals surface area contributed by atoms with Crippen molar-refractivity contribution in [3.05, 3.63) is 73.1 Å². The van der Waals surface area contributed by atoms with Crippen LogP contribution in [0.4, 0.5) is 5.69 Å². The molecule has 0 radical (unpaired) electrons. The molecule has 0 bridgehead atoms. The summed E-state index contributed by atoms with van der Waals surface area (Å²) in [5.74, 6) is -0.223. The molecular formula is C26H27N3O3S2. The minimum absolute atomic E-state index is 0.00514. The van der Waals surface area contributed by atoms with Gasteiger partial charge in [-0.1, -0.05) is 6.07 Å². The van der Waals surface area contributed by atoms with Gasteiger partial charge >= 0.3 is 0 Å². The number of carbonyl (C=O) groups is 3. The van der Waals surface area contributed by atoms with Crippen molar-refractivity contribution in [3.8, 4) is 0 Å². The van der Waals surface area contributed by atoms with Crippen LogP contribution in [0.1, 0.15) is 49.6 Å². The lowest BCUT2D eigenvalue weighted by Gasteiger charge is -2.28. The minimum Gasteiger partial charge on any atom is -0.338 e. The molecule has 6 nitrogen and oxygen atoms in total. The molecule has 0 aliphatic carbocycles. The van der Waals surface area contributed by atoms with E-state index in [1.807, 2.05) is 28.9 Å². The lowest BCUT2D eigenvalue weighted by molar-refractivity contribution is -0.133. The summed E-state index contributed by atoms with van der Waals surface area (Å²) in [6, 6.07) is 9.59. The molecule has 2 aliphatic heterocycles. The predicted molar refractivity (Wildman–Crippen MR) is 135 cm³/mol. The van der Waals surface area contributed by atoms with Gasteiger partial charge in [0.25, 0.3) is 5.91 Å². The summed E-state index contributed by atoms with van der Waals surface area (Å²) >= 11 is 3.49. The standard InChI is InChI=1S/C26H27N3O3S2/c1-17-20(26(32)29-12-8-23-19(16-29)10-14-34-23)3-2-4-21(17)27-24(30)5-6-25(31)28-11-7-22-18(15-28)9-13-33-22/h2-4,9-10,13-14H,5-8,11-12,15-16H2,1H3,(H,27,30). The Balaban J connectivity index is 1.18. The molecule has 3 aromatic rings. The average Bonchev–Trinajstić information content (AvgIpc) is 3.51. The molecule has 1 aromatic carbocycles. The van der Waals surface area contributed by atoms with Crippen LogP contribution < -0.4 is 5.32 Å². The molecule has 4 heterocycles.